The zero-order chi connectivity index (χ0) is 10.8. The molecule has 0 aromatic carbocycles. The molecule has 3 nitrogen and oxygen atoms in total. The number of carboxylic acids is 1. The summed E-state index contributed by atoms with van der Waals surface area (Å²) >= 11 is 0. The fraction of sp³-hybridized carbons (Fsp3) is 0.909. The first-order valence-electron chi connectivity index (χ1n) is 5.17. The first-order chi connectivity index (χ1) is 6.37. The van der Waals surface area contributed by atoms with E-state index in [-0.39, 0.29) is 17.3 Å². The van der Waals surface area contributed by atoms with Crippen LogP contribution in [0.4, 0.5) is 0 Å². The van der Waals surface area contributed by atoms with Crippen LogP contribution in [-0.2, 0) is 9.53 Å². The zero-order valence-electron chi connectivity index (χ0n) is 9.30. The molecule has 82 valence electrons. The van der Waals surface area contributed by atoms with Gasteiger partial charge < -0.3 is 9.84 Å². The number of rotatable bonds is 2. The summed E-state index contributed by atoms with van der Waals surface area (Å²) in [7, 11) is 0. The molecule has 1 aliphatic rings. The van der Waals surface area contributed by atoms with Crippen molar-refractivity contribution in [2.24, 2.45) is 10.8 Å². The van der Waals surface area contributed by atoms with Gasteiger partial charge >= 0.3 is 5.97 Å². The number of hydrogen-bond donors (Lipinski definition) is 1. The van der Waals surface area contributed by atoms with Gasteiger partial charge in [-0.2, -0.15) is 0 Å². The number of ether oxygens (including phenoxy) is 1. The second-order valence-corrected chi connectivity index (χ2v) is 5.21. The van der Waals surface area contributed by atoms with Crippen molar-refractivity contribution in [3.8, 4) is 0 Å². The van der Waals surface area contributed by atoms with Gasteiger partial charge in [0.25, 0.3) is 0 Å². The van der Waals surface area contributed by atoms with Gasteiger partial charge in [-0.05, 0) is 23.7 Å². The lowest BCUT2D eigenvalue weighted by Gasteiger charge is -2.46. The molecule has 1 saturated heterocycles. The number of carbonyl (C=O) groups is 1. The van der Waals surface area contributed by atoms with Crippen LogP contribution in [0.2, 0.25) is 0 Å². The summed E-state index contributed by atoms with van der Waals surface area (Å²) in [5.41, 5.74) is -0.0494. The summed E-state index contributed by atoms with van der Waals surface area (Å²) in [5, 5.41) is 8.95. The molecule has 1 aliphatic heterocycles. The third-order valence-corrected chi connectivity index (χ3v) is 3.53. The molecule has 0 unspecified atom stereocenters. The summed E-state index contributed by atoms with van der Waals surface area (Å²) in [6, 6.07) is 0. The first kappa shape index (κ1) is 11.5. The van der Waals surface area contributed by atoms with Gasteiger partial charge in [-0.25, -0.2) is 0 Å². The lowest BCUT2D eigenvalue weighted by molar-refractivity contribution is -0.145. The summed E-state index contributed by atoms with van der Waals surface area (Å²) in [6.45, 7) is 7.78. The molecule has 0 aromatic rings. The molecular formula is C11H20O3. The molecule has 0 saturated carbocycles. The van der Waals surface area contributed by atoms with Crippen molar-refractivity contribution < 1.29 is 14.6 Å². The van der Waals surface area contributed by atoms with Crippen molar-refractivity contribution in [3.05, 3.63) is 0 Å². The van der Waals surface area contributed by atoms with Gasteiger partial charge in [-0.15, -0.1) is 0 Å². The topological polar surface area (TPSA) is 46.5 Å². The van der Waals surface area contributed by atoms with E-state index in [1.165, 1.54) is 0 Å². The minimum atomic E-state index is -0.693. The van der Waals surface area contributed by atoms with Crippen LogP contribution >= 0.6 is 0 Å². The van der Waals surface area contributed by atoms with Gasteiger partial charge in [-0.3, -0.25) is 4.79 Å². The van der Waals surface area contributed by atoms with Crippen LogP contribution in [0.3, 0.4) is 0 Å². The van der Waals surface area contributed by atoms with Crippen LogP contribution in [0.15, 0.2) is 0 Å². The molecule has 1 rings (SSSR count). The first-order valence-corrected chi connectivity index (χ1v) is 5.17. The average molecular weight is 200 g/mol. The van der Waals surface area contributed by atoms with Crippen LogP contribution in [0.25, 0.3) is 0 Å². The Bertz CT molecular complexity index is 209. The number of aliphatic carboxylic acids is 1. The molecule has 1 N–H and O–H groups in total. The summed E-state index contributed by atoms with van der Waals surface area (Å²) in [6.07, 6.45) is 1.99. The molecule has 0 bridgehead atoms. The quantitative estimate of drug-likeness (QED) is 0.744. The Labute approximate surface area is 85.5 Å². The van der Waals surface area contributed by atoms with Crippen molar-refractivity contribution in [1.82, 2.24) is 0 Å². The Balaban J connectivity index is 2.83. The maximum atomic E-state index is 10.9. The van der Waals surface area contributed by atoms with E-state index in [0.29, 0.717) is 13.2 Å². The second-order valence-electron chi connectivity index (χ2n) is 5.21. The monoisotopic (exact) mass is 200 g/mol. The molecule has 0 radical (unpaired) electrons. The van der Waals surface area contributed by atoms with Gasteiger partial charge in [0.15, 0.2) is 0 Å². The molecule has 0 atom stereocenters. The molecular weight excluding hydrogens is 180 g/mol. The Kier molecular flexibility index (Phi) is 3.20. The Hall–Kier alpha value is -0.570. The smallest absolute Gasteiger partial charge is 0.303 e. The van der Waals surface area contributed by atoms with Crippen molar-refractivity contribution in [3.63, 3.8) is 0 Å². The molecule has 0 aliphatic carbocycles. The van der Waals surface area contributed by atoms with E-state index < -0.39 is 5.97 Å². The third-order valence-electron chi connectivity index (χ3n) is 3.53. The van der Waals surface area contributed by atoms with Gasteiger partial charge in [0, 0.05) is 13.2 Å². The van der Waals surface area contributed by atoms with E-state index in [0.717, 1.165) is 12.8 Å². The summed E-state index contributed by atoms with van der Waals surface area (Å²) in [5.74, 6) is -0.693. The molecule has 0 aromatic heterocycles. The third kappa shape index (κ3) is 2.27. The van der Waals surface area contributed by atoms with E-state index in [4.69, 9.17) is 9.84 Å². The molecule has 14 heavy (non-hydrogen) atoms. The number of hydrogen-bond acceptors (Lipinski definition) is 2. The van der Waals surface area contributed by atoms with Gasteiger partial charge in [0.2, 0.25) is 0 Å². The Morgan fingerprint density at radius 1 is 1.36 bits per heavy atom. The van der Waals surface area contributed by atoms with Gasteiger partial charge in [0.1, 0.15) is 0 Å². The number of carboxylic acid groups (broad SMARTS) is 1. The standard InChI is InChI=1S/C11H20O3/c1-10(2,3)11(8-9(12)13)4-6-14-7-5-11/h4-8H2,1-3H3,(H,12,13). The highest BCUT2D eigenvalue weighted by Gasteiger charge is 2.44. The van der Waals surface area contributed by atoms with E-state index >= 15 is 0 Å². The largest absolute Gasteiger partial charge is 0.481 e. The van der Waals surface area contributed by atoms with E-state index in [9.17, 15) is 4.79 Å². The maximum absolute atomic E-state index is 10.9. The summed E-state index contributed by atoms with van der Waals surface area (Å²) in [4.78, 5) is 10.9. The molecule has 1 fully saturated rings. The predicted molar refractivity (Wildman–Crippen MR) is 54.2 cm³/mol. The highest BCUT2D eigenvalue weighted by molar-refractivity contribution is 5.67. The van der Waals surface area contributed by atoms with Crippen LogP contribution in [0.1, 0.15) is 40.0 Å². The van der Waals surface area contributed by atoms with E-state index in [1.54, 1.807) is 0 Å². The van der Waals surface area contributed by atoms with Crippen LogP contribution in [0, 0.1) is 10.8 Å². The van der Waals surface area contributed by atoms with Crippen LogP contribution < -0.4 is 0 Å². The Morgan fingerprint density at radius 3 is 2.21 bits per heavy atom. The lowest BCUT2D eigenvalue weighted by Crippen LogP contribution is -2.42. The minimum Gasteiger partial charge on any atom is -0.481 e. The fourth-order valence-corrected chi connectivity index (χ4v) is 2.24. The second kappa shape index (κ2) is 3.89. The zero-order valence-corrected chi connectivity index (χ0v) is 9.30. The summed E-state index contributed by atoms with van der Waals surface area (Å²) < 4.78 is 5.31. The average Bonchev–Trinajstić information content (AvgIpc) is 2.02. The van der Waals surface area contributed by atoms with E-state index in [1.807, 2.05) is 0 Å². The normalized spacial score (nSPS) is 21.9. The molecule has 3 heteroatoms. The van der Waals surface area contributed by atoms with Crippen molar-refractivity contribution in [1.29, 1.82) is 0 Å². The minimum absolute atomic E-state index is 0.0369. The van der Waals surface area contributed by atoms with Crippen LogP contribution in [-0.4, -0.2) is 24.3 Å². The maximum Gasteiger partial charge on any atom is 0.303 e. The van der Waals surface area contributed by atoms with Gasteiger partial charge in [-0.1, -0.05) is 20.8 Å². The SMILES string of the molecule is CC(C)(C)C1(CC(=O)O)CCOCC1. The van der Waals surface area contributed by atoms with Crippen molar-refractivity contribution in [2.75, 3.05) is 13.2 Å². The highest BCUT2D eigenvalue weighted by atomic mass is 16.5. The van der Waals surface area contributed by atoms with Crippen molar-refractivity contribution in [2.45, 2.75) is 40.0 Å². The lowest BCUT2D eigenvalue weighted by atomic mass is 9.60. The van der Waals surface area contributed by atoms with Crippen molar-refractivity contribution >= 4 is 5.97 Å². The molecule has 0 spiro atoms. The van der Waals surface area contributed by atoms with E-state index in [2.05, 4.69) is 20.8 Å². The molecule has 0 amide bonds. The van der Waals surface area contributed by atoms with Gasteiger partial charge in [0.05, 0.1) is 6.42 Å². The van der Waals surface area contributed by atoms with Crippen LogP contribution in [0.5, 0.6) is 0 Å². The fourth-order valence-electron chi connectivity index (χ4n) is 2.24. The highest BCUT2D eigenvalue weighted by Crippen LogP contribution is 2.48. The predicted octanol–water partition coefficient (Wildman–Crippen LogP) is 2.30. The Morgan fingerprint density at radius 2 is 1.86 bits per heavy atom. The molecule has 1 heterocycles.